The molecule has 0 aromatic carbocycles. The van der Waals surface area contributed by atoms with Gasteiger partial charge in [-0.2, -0.15) is 0 Å². The molecule has 0 saturated heterocycles. The summed E-state index contributed by atoms with van der Waals surface area (Å²) in [7, 11) is -3.77. The molecule has 0 heterocycles. The second kappa shape index (κ2) is 5.90. The van der Waals surface area contributed by atoms with Crippen LogP contribution in [0.3, 0.4) is 0 Å². The van der Waals surface area contributed by atoms with Crippen LogP contribution in [0.1, 0.15) is 13.8 Å². The summed E-state index contributed by atoms with van der Waals surface area (Å²) in [5, 5.41) is 9.46. The van der Waals surface area contributed by atoms with Crippen molar-refractivity contribution in [2.75, 3.05) is 13.2 Å². The van der Waals surface area contributed by atoms with E-state index in [9.17, 15) is 9.67 Å². The van der Waals surface area contributed by atoms with E-state index < -0.39 is 17.2 Å². The summed E-state index contributed by atoms with van der Waals surface area (Å²) in [6.45, 7) is 3.37. The Kier molecular flexibility index (Phi) is 6.31. The van der Waals surface area contributed by atoms with Gasteiger partial charge in [0.15, 0.2) is 0 Å². The minimum absolute atomic E-state index is 0.0923. The first-order valence-corrected chi connectivity index (χ1v) is 6.66. The zero-order chi connectivity index (χ0) is 11.4. The maximum Gasteiger partial charge on any atom is 0.363 e. The summed E-state index contributed by atoms with van der Waals surface area (Å²) in [6, 6.07) is 0. The van der Waals surface area contributed by atoms with Crippen molar-refractivity contribution in [1.82, 2.24) is 0 Å². The molecule has 0 saturated carbocycles. The van der Waals surface area contributed by atoms with E-state index in [1.807, 2.05) is 0 Å². The van der Waals surface area contributed by atoms with Crippen molar-refractivity contribution in [3.63, 3.8) is 0 Å². The lowest BCUT2D eigenvalue weighted by Gasteiger charge is -2.26. The van der Waals surface area contributed by atoms with Crippen LogP contribution in [0.25, 0.3) is 0 Å². The van der Waals surface area contributed by atoms with Crippen LogP contribution in [0.15, 0.2) is 0 Å². The van der Waals surface area contributed by atoms with Gasteiger partial charge in [-0.3, -0.25) is 4.57 Å². The monoisotopic (exact) mass is 284 g/mol. The molecular formula is C6H12Cl3O4P. The Morgan fingerprint density at radius 3 is 1.86 bits per heavy atom. The minimum atomic E-state index is -3.77. The first kappa shape index (κ1) is 15.0. The molecule has 0 aliphatic carbocycles. The molecule has 0 spiro atoms. The Labute approximate surface area is 98.0 Å². The van der Waals surface area contributed by atoms with Crippen LogP contribution in [-0.4, -0.2) is 28.0 Å². The summed E-state index contributed by atoms with van der Waals surface area (Å²) in [5.74, 6) is -1.79. The number of hydrogen-bond donors (Lipinski definition) is 1. The number of alkyl halides is 3. The van der Waals surface area contributed by atoms with Gasteiger partial charge in [-0.15, -0.1) is 0 Å². The lowest BCUT2D eigenvalue weighted by atomic mass is 10.8. The van der Waals surface area contributed by atoms with Crippen molar-refractivity contribution in [1.29, 1.82) is 0 Å². The van der Waals surface area contributed by atoms with Gasteiger partial charge in [0, 0.05) is 0 Å². The van der Waals surface area contributed by atoms with Crippen molar-refractivity contribution >= 4 is 42.4 Å². The maximum atomic E-state index is 11.8. The smallest absolute Gasteiger partial charge is 0.363 e. The topological polar surface area (TPSA) is 55.8 Å². The van der Waals surface area contributed by atoms with E-state index in [4.69, 9.17) is 43.9 Å². The average Bonchev–Trinajstić information content (AvgIpc) is 2.02. The van der Waals surface area contributed by atoms with Crippen LogP contribution in [0.4, 0.5) is 0 Å². The van der Waals surface area contributed by atoms with Gasteiger partial charge in [-0.05, 0) is 13.8 Å². The summed E-state index contributed by atoms with van der Waals surface area (Å²) in [6.07, 6.45) is 0. The Bertz CT molecular complexity index is 208. The largest absolute Gasteiger partial charge is 0.377 e. The highest BCUT2D eigenvalue weighted by molar-refractivity contribution is 7.55. The number of aliphatic hydroxyl groups is 1. The second-order valence-corrected chi connectivity index (χ2v) is 6.74. The molecule has 1 atom stereocenters. The first-order valence-electron chi connectivity index (χ1n) is 3.91. The fourth-order valence-corrected chi connectivity index (χ4v) is 3.23. The molecule has 0 rings (SSSR count). The summed E-state index contributed by atoms with van der Waals surface area (Å²) in [4.78, 5) is 0. The van der Waals surface area contributed by atoms with Gasteiger partial charge in [0.25, 0.3) is 0 Å². The predicted molar refractivity (Wildman–Crippen MR) is 57.2 cm³/mol. The van der Waals surface area contributed by atoms with E-state index >= 15 is 0 Å². The van der Waals surface area contributed by atoms with Gasteiger partial charge in [0.1, 0.15) is 0 Å². The highest BCUT2D eigenvalue weighted by Crippen LogP contribution is 2.58. The van der Waals surface area contributed by atoms with Crippen molar-refractivity contribution < 1.29 is 18.7 Å². The molecule has 8 heteroatoms. The maximum absolute atomic E-state index is 11.8. The van der Waals surface area contributed by atoms with Crippen LogP contribution in [0.2, 0.25) is 0 Å². The van der Waals surface area contributed by atoms with Gasteiger partial charge in [0.2, 0.25) is 9.64 Å². The molecule has 1 N–H and O–H groups in total. The van der Waals surface area contributed by atoms with Crippen molar-refractivity contribution in [3.8, 4) is 0 Å². The van der Waals surface area contributed by atoms with Gasteiger partial charge in [0.05, 0.1) is 13.2 Å². The fraction of sp³-hybridized carbons (Fsp3) is 1.00. The summed E-state index contributed by atoms with van der Waals surface area (Å²) < 4.78 is 19.3. The zero-order valence-electron chi connectivity index (χ0n) is 7.74. The van der Waals surface area contributed by atoms with Crippen molar-refractivity contribution in [2.45, 2.75) is 23.5 Å². The van der Waals surface area contributed by atoms with Crippen LogP contribution in [0, 0.1) is 0 Å². The van der Waals surface area contributed by atoms with E-state index in [1.54, 1.807) is 13.8 Å². The highest BCUT2D eigenvalue weighted by Gasteiger charge is 2.47. The lowest BCUT2D eigenvalue weighted by Crippen LogP contribution is -2.27. The van der Waals surface area contributed by atoms with Crippen LogP contribution in [0.5, 0.6) is 0 Å². The molecule has 0 amide bonds. The van der Waals surface area contributed by atoms with Gasteiger partial charge in [-0.25, -0.2) is 0 Å². The van der Waals surface area contributed by atoms with Crippen LogP contribution < -0.4 is 0 Å². The quantitative estimate of drug-likeness (QED) is 0.623. The highest BCUT2D eigenvalue weighted by atomic mass is 35.6. The fourth-order valence-electron chi connectivity index (χ4n) is 0.718. The molecule has 0 unspecified atom stereocenters. The number of hydrogen-bond acceptors (Lipinski definition) is 4. The molecule has 14 heavy (non-hydrogen) atoms. The van der Waals surface area contributed by atoms with Crippen molar-refractivity contribution in [3.05, 3.63) is 0 Å². The average molecular weight is 285 g/mol. The SMILES string of the molecule is CCOP(=O)(OCC)[C@H](O)C(Cl)(Cl)Cl. The third-order valence-corrected chi connectivity index (χ3v) is 4.51. The van der Waals surface area contributed by atoms with E-state index in [1.165, 1.54) is 0 Å². The molecule has 0 radical (unpaired) electrons. The molecule has 0 fully saturated rings. The molecule has 0 aliphatic heterocycles. The normalized spacial score (nSPS) is 15.6. The van der Waals surface area contributed by atoms with E-state index in [2.05, 4.69) is 0 Å². The molecule has 0 aliphatic rings. The third kappa shape index (κ3) is 4.23. The van der Waals surface area contributed by atoms with Crippen molar-refractivity contribution in [2.24, 2.45) is 0 Å². The molecule has 0 bridgehead atoms. The Hall–Kier alpha value is 0.980. The summed E-state index contributed by atoms with van der Waals surface area (Å²) in [5.41, 5.74) is 0. The van der Waals surface area contributed by atoms with Gasteiger partial charge in [-0.1, -0.05) is 34.8 Å². The van der Waals surface area contributed by atoms with E-state index in [-0.39, 0.29) is 13.2 Å². The van der Waals surface area contributed by atoms with Gasteiger partial charge < -0.3 is 14.2 Å². The number of halogens is 3. The zero-order valence-corrected chi connectivity index (χ0v) is 10.9. The molecule has 4 nitrogen and oxygen atoms in total. The molecule has 0 aromatic rings. The Morgan fingerprint density at radius 1 is 1.29 bits per heavy atom. The van der Waals surface area contributed by atoms with Crippen LogP contribution in [-0.2, 0) is 13.6 Å². The third-order valence-electron chi connectivity index (χ3n) is 1.21. The van der Waals surface area contributed by atoms with E-state index in [0.29, 0.717) is 0 Å². The Morgan fingerprint density at radius 2 is 1.64 bits per heavy atom. The van der Waals surface area contributed by atoms with E-state index in [0.717, 1.165) is 0 Å². The van der Waals surface area contributed by atoms with Gasteiger partial charge >= 0.3 is 7.60 Å². The lowest BCUT2D eigenvalue weighted by molar-refractivity contribution is 0.151. The number of aliphatic hydroxyl groups excluding tert-OH is 1. The summed E-state index contributed by atoms with van der Waals surface area (Å²) >= 11 is 16.2. The second-order valence-electron chi connectivity index (χ2n) is 2.29. The molecule has 0 aromatic heterocycles. The standard InChI is InChI=1S/C6H12Cl3O4P/c1-3-12-14(11,13-4-2)5(10)6(7,8)9/h5,10H,3-4H2,1-2H3/t5-/m0/s1. The first-order chi connectivity index (χ1) is 6.28. The molecule has 86 valence electrons. The molecular weight excluding hydrogens is 273 g/mol. The van der Waals surface area contributed by atoms with Crippen LogP contribution >= 0.6 is 42.4 Å². The predicted octanol–water partition coefficient (Wildman–Crippen LogP) is 2.94. The number of rotatable bonds is 5. The Balaban J connectivity index is 4.73. The minimum Gasteiger partial charge on any atom is -0.377 e.